The summed E-state index contributed by atoms with van der Waals surface area (Å²) in [5.74, 6) is 0.0840. The Morgan fingerprint density at radius 2 is 1.81 bits per heavy atom. The van der Waals surface area contributed by atoms with Crippen LogP contribution in [0, 0.1) is 5.41 Å². The second-order valence-corrected chi connectivity index (χ2v) is 7.30. The van der Waals surface area contributed by atoms with Gasteiger partial charge in [-0.3, -0.25) is 5.41 Å². The summed E-state index contributed by atoms with van der Waals surface area (Å²) in [5.41, 5.74) is 0. The molecule has 0 radical (unpaired) electrons. The molecule has 1 rings (SSSR count). The first kappa shape index (κ1) is 22.4. The number of rotatable bonds is 8. The van der Waals surface area contributed by atoms with Gasteiger partial charge >= 0.3 is 5.97 Å². The number of methoxy groups -OCH3 is 1. The maximum atomic E-state index is 11.6. The number of alkyl halides is 3. The zero-order chi connectivity index (χ0) is 19.7. The van der Waals surface area contributed by atoms with Gasteiger partial charge in [0.05, 0.1) is 13.7 Å². The van der Waals surface area contributed by atoms with E-state index in [9.17, 15) is 4.79 Å². The molecule has 2 atom stereocenters. The van der Waals surface area contributed by atoms with Crippen LogP contribution in [0.1, 0.15) is 13.8 Å². The standard InChI is InChI=1S/C17H20Cl3NO5/c1-4-24-15(22)10-9-14(11(2)25-16(21)17(18,19)20)26-13-7-5-12(23-3)6-8-13/h5-11,14,21H,4H2,1-3H3/b10-9+,21-16?/t11-,14-/m1/s1. The van der Waals surface area contributed by atoms with Crippen molar-refractivity contribution in [2.24, 2.45) is 0 Å². The molecule has 0 aliphatic heterocycles. The molecule has 0 saturated carbocycles. The van der Waals surface area contributed by atoms with Crippen LogP contribution in [0.25, 0.3) is 0 Å². The van der Waals surface area contributed by atoms with Crippen molar-refractivity contribution in [2.75, 3.05) is 13.7 Å². The van der Waals surface area contributed by atoms with Crippen LogP contribution < -0.4 is 9.47 Å². The molecule has 6 nitrogen and oxygen atoms in total. The highest BCUT2D eigenvalue weighted by molar-refractivity contribution is 6.76. The van der Waals surface area contributed by atoms with Gasteiger partial charge < -0.3 is 18.9 Å². The number of carbonyl (C=O) groups is 1. The molecule has 0 heterocycles. The van der Waals surface area contributed by atoms with Gasteiger partial charge in [-0.15, -0.1) is 0 Å². The van der Waals surface area contributed by atoms with Gasteiger partial charge in [-0.1, -0.05) is 34.8 Å². The minimum Gasteiger partial charge on any atom is -0.497 e. The molecular formula is C17H20Cl3NO5. The summed E-state index contributed by atoms with van der Waals surface area (Å²) in [5, 5.41) is 7.67. The first-order valence-electron chi connectivity index (χ1n) is 7.65. The largest absolute Gasteiger partial charge is 0.497 e. The molecule has 0 fully saturated rings. The average Bonchev–Trinajstić information content (AvgIpc) is 2.58. The highest BCUT2D eigenvalue weighted by atomic mass is 35.6. The van der Waals surface area contributed by atoms with Crippen LogP contribution in [-0.2, 0) is 14.3 Å². The van der Waals surface area contributed by atoms with Gasteiger partial charge in [0.15, 0.2) is 6.10 Å². The van der Waals surface area contributed by atoms with E-state index in [1.165, 1.54) is 12.2 Å². The first-order chi connectivity index (χ1) is 12.2. The van der Waals surface area contributed by atoms with Crippen molar-refractivity contribution < 1.29 is 23.7 Å². The number of hydrogen-bond donors (Lipinski definition) is 1. The molecule has 0 aromatic heterocycles. The van der Waals surface area contributed by atoms with E-state index in [0.717, 1.165) is 0 Å². The summed E-state index contributed by atoms with van der Waals surface area (Å²) >= 11 is 16.9. The fourth-order valence-corrected chi connectivity index (χ4v) is 1.92. The van der Waals surface area contributed by atoms with Crippen molar-refractivity contribution in [2.45, 2.75) is 29.8 Å². The van der Waals surface area contributed by atoms with E-state index in [1.807, 2.05) is 0 Å². The topological polar surface area (TPSA) is 77.8 Å². The van der Waals surface area contributed by atoms with E-state index in [0.29, 0.717) is 11.5 Å². The van der Waals surface area contributed by atoms with E-state index >= 15 is 0 Å². The van der Waals surface area contributed by atoms with Crippen molar-refractivity contribution in [1.82, 2.24) is 0 Å². The van der Waals surface area contributed by atoms with E-state index in [2.05, 4.69) is 0 Å². The number of nitrogens with one attached hydrogen (secondary N) is 1. The predicted molar refractivity (Wildman–Crippen MR) is 102 cm³/mol. The van der Waals surface area contributed by atoms with Crippen molar-refractivity contribution in [3.05, 3.63) is 36.4 Å². The van der Waals surface area contributed by atoms with Gasteiger partial charge in [-0.2, -0.15) is 0 Å². The molecule has 0 saturated heterocycles. The molecule has 0 bridgehead atoms. The minimum atomic E-state index is -2.00. The van der Waals surface area contributed by atoms with Gasteiger partial charge in [0.2, 0.25) is 5.90 Å². The van der Waals surface area contributed by atoms with E-state index in [4.69, 9.17) is 59.2 Å². The molecule has 1 aromatic carbocycles. The van der Waals surface area contributed by atoms with Crippen LogP contribution in [0.3, 0.4) is 0 Å². The van der Waals surface area contributed by atoms with Crippen LogP contribution in [-0.4, -0.2) is 41.6 Å². The Bertz CT molecular complexity index is 628. The lowest BCUT2D eigenvalue weighted by Gasteiger charge is -2.25. The third-order valence-electron chi connectivity index (χ3n) is 3.06. The van der Waals surface area contributed by atoms with Crippen LogP contribution in [0.5, 0.6) is 11.5 Å². The van der Waals surface area contributed by atoms with E-state index in [1.54, 1.807) is 45.2 Å². The van der Waals surface area contributed by atoms with E-state index < -0.39 is 27.9 Å². The molecular weight excluding hydrogens is 405 g/mol. The lowest BCUT2D eigenvalue weighted by Crippen LogP contribution is -2.35. The van der Waals surface area contributed by atoms with Crippen LogP contribution in [0.15, 0.2) is 36.4 Å². The van der Waals surface area contributed by atoms with Crippen molar-refractivity contribution in [3.8, 4) is 11.5 Å². The number of esters is 1. The molecule has 1 N–H and O–H groups in total. The molecule has 0 spiro atoms. The quantitative estimate of drug-likeness (QED) is 0.221. The second-order valence-electron chi connectivity index (χ2n) is 5.02. The summed E-state index contributed by atoms with van der Waals surface area (Å²) < 4.78 is 19.1. The van der Waals surface area contributed by atoms with Gasteiger partial charge in [0, 0.05) is 6.08 Å². The SMILES string of the molecule is CCOC(=O)/C=C/[C@@H](Oc1ccc(OC)cc1)[C@@H](C)OC(=N)C(Cl)(Cl)Cl. The summed E-state index contributed by atoms with van der Waals surface area (Å²) in [6.45, 7) is 3.57. The van der Waals surface area contributed by atoms with E-state index in [-0.39, 0.29) is 6.61 Å². The molecule has 144 valence electrons. The molecule has 0 aliphatic carbocycles. The van der Waals surface area contributed by atoms with Gasteiger partial charge in [-0.05, 0) is 44.2 Å². The molecule has 0 unspecified atom stereocenters. The maximum Gasteiger partial charge on any atom is 0.330 e. The van der Waals surface area contributed by atoms with Crippen LogP contribution in [0.2, 0.25) is 0 Å². The second kappa shape index (κ2) is 10.5. The molecule has 0 amide bonds. The number of benzene rings is 1. The Morgan fingerprint density at radius 3 is 2.31 bits per heavy atom. The molecule has 1 aromatic rings. The summed E-state index contributed by atoms with van der Waals surface area (Å²) in [6.07, 6.45) is 1.20. The van der Waals surface area contributed by atoms with Gasteiger partial charge in [0.1, 0.15) is 17.6 Å². The van der Waals surface area contributed by atoms with Crippen LogP contribution >= 0.6 is 34.8 Å². The zero-order valence-corrected chi connectivity index (χ0v) is 16.8. The van der Waals surface area contributed by atoms with Gasteiger partial charge in [0.25, 0.3) is 3.79 Å². The number of hydrogen-bond acceptors (Lipinski definition) is 6. The fraction of sp³-hybridized carbons (Fsp3) is 0.412. The Morgan fingerprint density at radius 1 is 1.23 bits per heavy atom. The normalized spacial score (nSPS) is 13.8. The molecule has 26 heavy (non-hydrogen) atoms. The van der Waals surface area contributed by atoms with Gasteiger partial charge in [-0.25, -0.2) is 4.79 Å². The predicted octanol–water partition coefficient (Wildman–Crippen LogP) is 4.31. The molecule has 9 heteroatoms. The zero-order valence-electron chi connectivity index (χ0n) is 14.5. The Hall–Kier alpha value is -1.63. The third-order valence-corrected chi connectivity index (χ3v) is 3.58. The highest BCUT2D eigenvalue weighted by Gasteiger charge is 2.32. The third kappa shape index (κ3) is 7.72. The number of ether oxygens (including phenoxy) is 4. The Balaban J connectivity index is 2.92. The maximum absolute atomic E-state index is 11.6. The van der Waals surface area contributed by atoms with Crippen molar-refractivity contribution in [3.63, 3.8) is 0 Å². The highest BCUT2D eigenvalue weighted by Crippen LogP contribution is 2.29. The smallest absolute Gasteiger partial charge is 0.330 e. The Labute approximate surface area is 167 Å². The van der Waals surface area contributed by atoms with Crippen LogP contribution in [0.4, 0.5) is 0 Å². The van der Waals surface area contributed by atoms with Crippen molar-refractivity contribution in [1.29, 1.82) is 5.41 Å². The summed E-state index contributed by atoms with van der Waals surface area (Å²) in [4.78, 5) is 11.6. The minimum absolute atomic E-state index is 0.247. The number of halogens is 3. The molecule has 0 aliphatic rings. The summed E-state index contributed by atoms with van der Waals surface area (Å²) in [6, 6.07) is 6.82. The lowest BCUT2D eigenvalue weighted by atomic mass is 10.2. The fourth-order valence-electron chi connectivity index (χ4n) is 1.79. The lowest BCUT2D eigenvalue weighted by molar-refractivity contribution is -0.137. The number of carbonyl (C=O) groups excluding carboxylic acids is 1. The van der Waals surface area contributed by atoms with Crippen molar-refractivity contribution >= 4 is 46.7 Å². The first-order valence-corrected chi connectivity index (χ1v) is 8.78. The Kier molecular flexibility index (Phi) is 9.05. The monoisotopic (exact) mass is 423 g/mol. The summed E-state index contributed by atoms with van der Waals surface area (Å²) in [7, 11) is 1.55. The average molecular weight is 425 g/mol.